The summed E-state index contributed by atoms with van der Waals surface area (Å²) in [7, 11) is 3.22. The van der Waals surface area contributed by atoms with E-state index in [1.165, 1.54) is 4.90 Å². The fourth-order valence-electron chi connectivity index (χ4n) is 4.08. The van der Waals surface area contributed by atoms with Crippen LogP contribution in [-0.4, -0.2) is 42.3 Å². The van der Waals surface area contributed by atoms with Crippen molar-refractivity contribution in [2.24, 2.45) is 5.92 Å². The van der Waals surface area contributed by atoms with Crippen molar-refractivity contribution in [3.8, 4) is 0 Å². The zero-order valence-electron chi connectivity index (χ0n) is 17.4. The van der Waals surface area contributed by atoms with Crippen LogP contribution >= 0.6 is 0 Å². The summed E-state index contributed by atoms with van der Waals surface area (Å²) in [6.45, 7) is 2.18. The number of aromatic nitrogens is 1. The number of amides is 2. The van der Waals surface area contributed by atoms with Gasteiger partial charge in [-0.05, 0) is 54.2 Å². The second-order valence-corrected chi connectivity index (χ2v) is 7.86. The fraction of sp³-hybridized carbons (Fsp3) is 0.292. The number of para-hydroxylation sites is 1. The van der Waals surface area contributed by atoms with Gasteiger partial charge in [-0.2, -0.15) is 0 Å². The number of likely N-dealkylation sites (N-methyl/N-ethyl adjacent to an activating group) is 2. The molecule has 0 fully saturated rings. The molecule has 6 nitrogen and oxygen atoms in total. The summed E-state index contributed by atoms with van der Waals surface area (Å²) < 4.78 is 5.52. The van der Waals surface area contributed by atoms with Crippen molar-refractivity contribution in [2.45, 2.75) is 19.8 Å². The molecule has 1 aliphatic carbocycles. The SMILES string of the molecule is CNC(=O)CN(C)C(=O)c1c2c(nc3ccccc13)/C(=C\c1ccco1)C[C@H](C)C2. The third-order valence-corrected chi connectivity index (χ3v) is 5.50. The molecule has 1 atom stereocenters. The van der Waals surface area contributed by atoms with Crippen molar-refractivity contribution in [1.29, 1.82) is 0 Å². The molecular formula is C24H25N3O3. The molecule has 30 heavy (non-hydrogen) atoms. The quantitative estimate of drug-likeness (QED) is 0.720. The average Bonchev–Trinajstić information content (AvgIpc) is 3.24. The summed E-state index contributed by atoms with van der Waals surface area (Å²) in [6.07, 6.45) is 5.28. The first-order chi connectivity index (χ1) is 14.5. The van der Waals surface area contributed by atoms with Gasteiger partial charge >= 0.3 is 0 Å². The average molecular weight is 403 g/mol. The van der Waals surface area contributed by atoms with E-state index in [1.807, 2.05) is 42.5 Å². The molecule has 1 aromatic carbocycles. The maximum Gasteiger partial charge on any atom is 0.255 e. The van der Waals surface area contributed by atoms with E-state index in [1.54, 1.807) is 20.4 Å². The highest BCUT2D eigenvalue weighted by Gasteiger charge is 2.29. The van der Waals surface area contributed by atoms with Gasteiger partial charge in [0.25, 0.3) is 5.91 Å². The van der Waals surface area contributed by atoms with Gasteiger partial charge in [0, 0.05) is 19.5 Å². The molecule has 1 N–H and O–H groups in total. The number of carbonyl (C=O) groups excluding carboxylic acids is 2. The van der Waals surface area contributed by atoms with Crippen molar-refractivity contribution in [3.05, 3.63) is 65.2 Å². The highest BCUT2D eigenvalue weighted by atomic mass is 16.3. The van der Waals surface area contributed by atoms with Crippen LogP contribution in [0, 0.1) is 5.92 Å². The third-order valence-electron chi connectivity index (χ3n) is 5.50. The highest BCUT2D eigenvalue weighted by molar-refractivity contribution is 6.09. The van der Waals surface area contributed by atoms with Crippen molar-refractivity contribution in [1.82, 2.24) is 15.2 Å². The number of benzene rings is 1. The Kier molecular flexibility index (Phi) is 5.40. The van der Waals surface area contributed by atoms with Crippen LogP contribution in [0.4, 0.5) is 0 Å². The van der Waals surface area contributed by atoms with Gasteiger partial charge in [-0.3, -0.25) is 9.59 Å². The van der Waals surface area contributed by atoms with E-state index < -0.39 is 0 Å². The molecule has 0 saturated heterocycles. The first-order valence-corrected chi connectivity index (χ1v) is 10.1. The monoisotopic (exact) mass is 403 g/mol. The van der Waals surface area contributed by atoms with Crippen molar-refractivity contribution >= 4 is 34.4 Å². The summed E-state index contributed by atoms with van der Waals surface area (Å²) in [4.78, 5) is 31.7. The van der Waals surface area contributed by atoms with Crippen molar-refractivity contribution < 1.29 is 14.0 Å². The van der Waals surface area contributed by atoms with E-state index in [9.17, 15) is 9.59 Å². The van der Waals surface area contributed by atoms with Gasteiger partial charge in [-0.1, -0.05) is 25.1 Å². The Morgan fingerprint density at radius 2 is 2.03 bits per heavy atom. The number of fused-ring (bicyclic) bond motifs is 2. The van der Waals surface area contributed by atoms with Crippen LogP contribution in [0.5, 0.6) is 0 Å². The maximum absolute atomic E-state index is 13.5. The Morgan fingerprint density at radius 1 is 1.23 bits per heavy atom. The van der Waals surface area contributed by atoms with E-state index in [2.05, 4.69) is 12.2 Å². The Labute approximate surface area is 175 Å². The summed E-state index contributed by atoms with van der Waals surface area (Å²) in [5, 5.41) is 3.39. The van der Waals surface area contributed by atoms with Gasteiger partial charge in [0.15, 0.2) is 0 Å². The number of nitrogens with one attached hydrogen (secondary N) is 1. The predicted octanol–water partition coefficient (Wildman–Crippen LogP) is 3.77. The van der Waals surface area contributed by atoms with Crippen LogP contribution in [0.15, 0.2) is 47.1 Å². The van der Waals surface area contributed by atoms with Gasteiger partial charge in [0.1, 0.15) is 5.76 Å². The minimum Gasteiger partial charge on any atom is -0.465 e. The van der Waals surface area contributed by atoms with Gasteiger partial charge in [0.2, 0.25) is 5.91 Å². The zero-order chi connectivity index (χ0) is 21.3. The van der Waals surface area contributed by atoms with Gasteiger partial charge in [-0.15, -0.1) is 0 Å². The van der Waals surface area contributed by atoms with E-state index in [4.69, 9.17) is 9.40 Å². The Bertz CT molecular complexity index is 1130. The molecular weight excluding hydrogens is 378 g/mol. The first-order valence-electron chi connectivity index (χ1n) is 10.1. The molecule has 2 aromatic heterocycles. The molecule has 6 heteroatoms. The molecule has 4 rings (SSSR count). The third kappa shape index (κ3) is 3.73. The summed E-state index contributed by atoms with van der Waals surface area (Å²) >= 11 is 0. The molecule has 0 spiro atoms. The lowest BCUT2D eigenvalue weighted by Crippen LogP contribution is -2.37. The second kappa shape index (κ2) is 8.14. The lowest BCUT2D eigenvalue weighted by molar-refractivity contribution is -0.121. The van der Waals surface area contributed by atoms with E-state index in [0.29, 0.717) is 11.5 Å². The molecule has 0 unspecified atom stereocenters. The molecule has 0 radical (unpaired) electrons. The number of rotatable bonds is 4. The molecule has 1 aliphatic rings. The normalized spacial score (nSPS) is 17.0. The Balaban J connectivity index is 1.91. The highest BCUT2D eigenvalue weighted by Crippen LogP contribution is 2.38. The Hall–Kier alpha value is -3.41. The number of hydrogen-bond acceptors (Lipinski definition) is 4. The number of allylic oxidation sites excluding steroid dienone is 1. The van der Waals surface area contributed by atoms with E-state index in [0.717, 1.165) is 46.3 Å². The van der Waals surface area contributed by atoms with Gasteiger partial charge in [0.05, 0.1) is 29.6 Å². The lowest BCUT2D eigenvalue weighted by Gasteiger charge is -2.28. The number of carbonyl (C=O) groups is 2. The minimum atomic E-state index is -0.204. The fourth-order valence-corrected chi connectivity index (χ4v) is 4.08. The first kappa shape index (κ1) is 19.9. The molecule has 0 bridgehead atoms. The van der Waals surface area contributed by atoms with Crippen LogP contribution < -0.4 is 5.32 Å². The molecule has 0 aliphatic heterocycles. The molecule has 2 amide bonds. The van der Waals surface area contributed by atoms with Crippen molar-refractivity contribution in [3.63, 3.8) is 0 Å². The van der Waals surface area contributed by atoms with Crippen molar-refractivity contribution in [2.75, 3.05) is 20.6 Å². The smallest absolute Gasteiger partial charge is 0.255 e. The second-order valence-electron chi connectivity index (χ2n) is 7.86. The summed E-state index contributed by atoms with van der Waals surface area (Å²) in [5.41, 5.74) is 4.26. The van der Waals surface area contributed by atoms with Gasteiger partial charge < -0.3 is 14.6 Å². The molecule has 154 valence electrons. The van der Waals surface area contributed by atoms with Crippen LogP contribution in [0.2, 0.25) is 0 Å². The summed E-state index contributed by atoms with van der Waals surface area (Å²) in [6, 6.07) is 11.5. The molecule has 0 saturated carbocycles. The lowest BCUT2D eigenvalue weighted by atomic mass is 9.80. The predicted molar refractivity (Wildman–Crippen MR) is 117 cm³/mol. The number of furan rings is 1. The largest absolute Gasteiger partial charge is 0.465 e. The Morgan fingerprint density at radius 3 is 2.77 bits per heavy atom. The topological polar surface area (TPSA) is 75.4 Å². The number of pyridine rings is 1. The zero-order valence-corrected chi connectivity index (χ0v) is 17.4. The standard InChI is InChI=1S/C24H25N3O3/c1-15-11-16(13-17-7-6-10-30-17)23-19(12-15)22(18-8-4-5-9-20(18)26-23)24(29)27(3)14-21(28)25-2/h4-10,13,15H,11-12,14H2,1-3H3,(H,25,28)/b16-13-/t15-/m0/s1. The molecule has 3 aromatic rings. The van der Waals surface area contributed by atoms with Crippen LogP contribution in [0.1, 0.15) is 40.7 Å². The van der Waals surface area contributed by atoms with Crippen LogP contribution in [-0.2, 0) is 11.2 Å². The summed E-state index contributed by atoms with van der Waals surface area (Å²) in [5.74, 6) is 0.756. The van der Waals surface area contributed by atoms with E-state index in [-0.39, 0.29) is 18.4 Å². The maximum atomic E-state index is 13.5. The number of hydrogen-bond donors (Lipinski definition) is 1. The van der Waals surface area contributed by atoms with Gasteiger partial charge in [-0.25, -0.2) is 4.98 Å². The van der Waals surface area contributed by atoms with Crippen LogP contribution in [0.3, 0.4) is 0 Å². The minimum absolute atomic E-state index is 0.00536. The van der Waals surface area contributed by atoms with E-state index >= 15 is 0 Å². The molecule has 2 heterocycles. The number of nitrogens with zero attached hydrogens (tertiary/aromatic N) is 2. The van der Waals surface area contributed by atoms with Crippen LogP contribution in [0.25, 0.3) is 22.6 Å².